The van der Waals surface area contributed by atoms with Crippen LogP contribution in [0.2, 0.25) is 0 Å². The Labute approximate surface area is 147 Å². The molecule has 0 unspecified atom stereocenters. The van der Waals surface area contributed by atoms with E-state index >= 15 is 0 Å². The van der Waals surface area contributed by atoms with E-state index in [0.29, 0.717) is 0 Å². The highest BCUT2D eigenvalue weighted by molar-refractivity contribution is 5.90. The molecule has 0 atom stereocenters. The number of piperazine rings is 1. The molecule has 2 aromatic carbocycles. The molecule has 1 aromatic heterocycles. The van der Waals surface area contributed by atoms with Crippen molar-refractivity contribution < 1.29 is 0 Å². The molecule has 25 heavy (non-hydrogen) atoms. The van der Waals surface area contributed by atoms with Crippen molar-refractivity contribution >= 4 is 16.7 Å². The summed E-state index contributed by atoms with van der Waals surface area (Å²) in [5.41, 5.74) is 5.05. The minimum atomic E-state index is -0.152. The molecule has 2 heterocycles. The van der Waals surface area contributed by atoms with Crippen molar-refractivity contribution in [3.63, 3.8) is 0 Å². The van der Waals surface area contributed by atoms with Crippen molar-refractivity contribution in [3.8, 4) is 0 Å². The summed E-state index contributed by atoms with van der Waals surface area (Å²) in [5, 5.41) is 3.39. The van der Waals surface area contributed by atoms with E-state index in [-0.39, 0.29) is 11.1 Å². The summed E-state index contributed by atoms with van der Waals surface area (Å²) in [4.78, 5) is 20.2. The maximum absolute atomic E-state index is 11.9. The number of aromatic amines is 2. The van der Waals surface area contributed by atoms with Gasteiger partial charge in [-0.25, -0.2) is 4.79 Å². The molecule has 0 amide bonds. The number of hydrogen-bond donors (Lipinski definition) is 3. The number of nitrogens with zero attached hydrogens (tertiary/aromatic N) is 1. The van der Waals surface area contributed by atoms with Gasteiger partial charge in [-0.05, 0) is 23.3 Å². The van der Waals surface area contributed by atoms with Crippen molar-refractivity contribution in [2.75, 3.05) is 31.1 Å². The molecule has 130 valence electrons. The molecule has 0 bridgehead atoms. The van der Waals surface area contributed by atoms with E-state index in [1.54, 1.807) is 0 Å². The van der Waals surface area contributed by atoms with Gasteiger partial charge in [-0.2, -0.15) is 0 Å². The van der Waals surface area contributed by atoms with Crippen LogP contribution < -0.4 is 15.9 Å². The number of imidazole rings is 1. The molecule has 5 nitrogen and oxygen atoms in total. The van der Waals surface area contributed by atoms with Crippen LogP contribution in [0.25, 0.3) is 11.0 Å². The van der Waals surface area contributed by atoms with Crippen molar-refractivity contribution in [2.45, 2.75) is 19.3 Å². The Kier molecular flexibility index (Phi) is 3.88. The number of hydrogen-bond acceptors (Lipinski definition) is 3. The highest BCUT2D eigenvalue weighted by Crippen LogP contribution is 2.36. The van der Waals surface area contributed by atoms with Crippen LogP contribution in [-0.4, -0.2) is 36.1 Å². The number of aromatic nitrogens is 2. The zero-order valence-electron chi connectivity index (χ0n) is 14.7. The monoisotopic (exact) mass is 336 g/mol. The van der Waals surface area contributed by atoms with Crippen LogP contribution in [0.1, 0.15) is 25.0 Å². The predicted molar refractivity (Wildman–Crippen MR) is 103 cm³/mol. The maximum atomic E-state index is 11.9. The van der Waals surface area contributed by atoms with Gasteiger partial charge in [-0.3, -0.25) is 0 Å². The first kappa shape index (κ1) is 16.0. The summed E-state index contributed by atoms with van der Waals surface area (Å²) in [5.74, 6) is 0. The molecule has 0 aliphatic carbocycles. The maximum Gasteiger partial charge on any atom is 0.323 e. The van der Waals surface area contributed by atoms with Crippen LogP contribution in [0.4, 0.5) is 5.69 Å². The largest absolute Gasteiger partial charge is 0.367 e. The van der Waals surface area contributed by atoms with Gasteiger partial charge in [0, 0.05) is 31.6 Å². The average molecular weight is 336 g/mol. The first-order valence-electron chi connectivity index (χ1n) is 8.83. The Morgan fingerprint density at radius 1 is 0.960 bits per heavy atom. The second-order valence-electron chi connectivity index (χ2n) is 7.23. The molecule has 1 aliphatic rings. The average Bonchev–Trinajstić information content (AvgIpc) is 3.02. The van der Waals surface area contributed by atoms with E-state index in [9.17, 15) is 4.79 Å². The Bertz CT molecular complexity index is 933. The van der Waals surface area contributed by atoms with Gasteiger partial charge in [0.15, 0.2) is 0 Å². The number of H-pyrrole nitrogens is 2. The second kappa shape index (κ2) is 6.08. The number of nitrogens with one attached hydrogen (secondary N) is 3. The minimum absolute atomic E-state index is 0.146. The van der Waals surface area contributed by atoms with Crippen LogP contribution in [0.15, 0.2) is 47.3 Å². The van der Waals surface area contributed by atoms with Gasteiger partial charge < -0.3 is 20.2 Å². The van der Waals surface area contributed by atoms with Gasteiger partial charge in [0.1, 0.15) is 0 Å². The van der Waals surface area contributed by atoms with Gasteiger partial charge >= 0.3 is 5.69 Å². The second-order valence-corrected chi connectivity index (χ2v) is 7.23. The van der Waals surface area contributed by atoms with E-state index in [4.69, 9.17) is 0 Å². The Morgan fingerprint density at radius 2 is 1.68 bits per heavy atom. The van der Waals surface area contributed by atoms with Crippen LogP contribution in [0.5, 0.6) is 0 Å². The highest BCUT2D eigenvalue weighted by Gasteiger charge is 2.26. The minimum Gasteiger partial charge on any atom is -0.367 e. The lowest BCUT2D eigenvalue weighted by molar-refractivity contribution is 0.588. The van der Waals surface area contributed by atoms with Gasteiger partial charge in [0.05, 0.1) is 16.7 Å². The molecule has 3 aromatic rings. The molecule has 4 rings (SSSR count). The summed E-state index contributed by atoms with van der Waals surface area (Å²) in [6.07, 6.45) is 0. The Hall–Kier alpha value is -2.53. The lowest BCUT2D eigenvalue weighted by Crippen LogP contribution is -2.43. The van der Waals surface area contributed by atoms with Crippen molar-refractivity contribution in [1.29, 1.82) is 0 Å². The smallest absolute Gasteiger partial charge is 0.323 e. The van der Waals surface area contributed by atoms with Crippen molar-refractivity contribution in [2.24, 2.45) is 0 Å². The molecule has 1 saturated heterocycles. The van der Waals surface area contributed by atoms with E-state index in [1.165, 1.54) is 11.1 Å². The van der Waals surface area contributed by atoms with E-state index in [1.807, 2.05) is 6.07 Å². The number of anilines is 1. The van der Waals surface area contributed by atoms with Crippen LogP contribution in [0, 0.1) is 0 Å². The highest BCUT2D eigenvalue weighted by atomic mass is 16.1. The van der Waals surface area contributed by atoms with Gasteiger partial charge in [0.2, 0.25) is 0 Å². The fraction of sp³-hybridized carbons (Fsp3) is 0.350. The van der Waals surface area contributed by atoms with Crippen LogP contribution in [-0.2, 0) is 5.41 Å². The van der Waals surface area contributed by atoms with E-state index in [2.05, 4.69) is 70.4 Å². The first-order chi connectivity index (χ1) is 12.1. The molecule has 1 aliphatic heterocycles. The Balaban J connectivity index is 1.88. The zero-order chi connectivity index (χ0) is 17.4. The molecule has 1 fully saturated rings. The lowest BCUT2D eigenvalue weighted by atomic mass is 9.78. The molecule has 0 spiro atoms. The summed E-state index contributed by atoms with van der Waals surface area (Å²) < 4.78 is 0. The van der Waals surface area contributed by atoms with Crippen LogP contribution >= 0.6 is 0 Å². The first-order valence-corrected chi connectivity index (χ1v) is 8.83. The third-order valence-corrected chi connectivity index (χ3v) is 5.28. The van der Waals surface area contributed by atoms with Gasteiger partial charge in [-0.15, -0.1) is 0 Å². The van der Waals surface area contributed by atoms with Gasteiger partial charge in [-0.1, -0.05) is 44.2 Å². The van der Waals surface area contributed by atoms with Gasteiger partial charge in [0.25, 0.3) is 0 Å². The number of fused-ring (bicyclic) bond motifs is 1. The summed E-state index contributed by atoms with van der Waals surface area (Å²) in [6, 6.07) is 14.9. The summed E-state index contributed by atoms with van der Waals surface area (Å²) in [7, 11) is 0. The molecule has 0 saturated carbocycles. The summed E-state index contributed by atoms with van der Waals surface area (Å²) in [6.45, 7) is 8.27. The quantitative estimate of drug-likeness (QED) is 0.689. The Morgan fingerprint density at radius 3 is 2.40 bits per heavy atom. The lowest BCUT2D eigenvalue weighted by Gasteiger charge is -2.32. The molecule has 0 radical (unpaired) electrons. The zero-order valence-corrected chi connectivity index (χ0v) is 14.7. The SMILES string of the molecule is CC(C)(c1ccccc1)c1cc(N2CCNCC2)c2[nH]c(=O)[nH]c2c1. The summed E-state index contributed by atoms with van der Waals surface area (Å²) >= 11 is 0. The van der Waals surface area contributed by atoms with Crippen LogP contribution in [0.3, 0.4) is 0 Å². The standard InChI is InChI=1S/C20H24N4O/c1-20(2,14-6-4-3-5-7-14)15-12-16-18(23-19(25)22-16)17(13-15)24-10-8-21-9-11-24/h3-7,12-13,21H,8-11H2,1-2H3,(H2,22,23,25). The molecular weight excluding hydrogens is 312 g/mol. The third-order valence-electron chi connectivity index (χ3n) is 5.28. The fourth-order valence-electron chi connectivity index (χ4n) is 3.66. The normalized spacial score (nSPS) is 15.7. The van der Waals surface area contributed by atoms with E-state index in [0.717, 1.165) is 42.9 Å². The van der Waals surface area contributed by atoms with Crippen molar-refractivity contribution in [1.82, 2.24) is 15.3 Å². The number of rotatable bonds is 3. The number of benzene rings is 2. The van der Waals surface area contributed by atoms with Crippen molar-refractivity contribution in [3.05, 3.63) is 64.1 Å². The molecule has 3 N–H and O–H groups in total. The van der Waals surface area contributed by atoms with E-state index < -0.39 is 0 Å². The third kappa shape index (κ3) is 2.85. The fourth-order valence-corrected chi connectivity index (χ4v) is 3.66. The molecular formula is C20H24N4O. The molecule has 5 heteroatoms. The predicted octanol–water partition coefficient (Wildman–Crippen LogP) is 2.59. The topological polar surface area (TPSA) is 63.9 Å².